The van der Waals surface area contributed by atoms with Crippen molar-refractivity contribution < 1.29 is 4.74 Å². The highest BCUT2D eigenvalue weighted by Gasteiger charge is 2.20. The summed E-state index contributed by atoms with van der Waals surface area (Å²) < 4.78 is 7.86. The largest absolute Gasteiger partial charge is 0.378 e. The summed E-state index contributed by atoms with van der Waals surface area (Å²) in [5, 5.41) is 4.55. The predicted octanol–water partition coefficient (Wildman–Crippen LogP) is 4.04. The maximum absolute atomic E-state index is 5.56. The van der Waals surface area contributed by atoms with Crippen molar-refractivity contribution >= 4 is 42.6 Å². The Kier molecular flexibility index (Phi) is 3.54. The van der Waals surface area contributed by atoms with E-state index in [0.717, 1.165) is 34.6 Å². The number of rotatable bonds is 2. The molecule has 0 spiro atoms. The molecule has 1 fully saturated rings. The number of hydrogen-bond donors (Lipinski definition) is 1. The van der Waals surface area contributed by atoms with Gasteiger partial charge in [0, 0.05) is 17.1 Å². The zero-order valence-electron chi connectivity index (χ0n) is 10.1. The standard InChI is InChI=1S/C13H15BrN2OS/c1-8-6-10(4-5-17-8)15-13-16-11-7-9(14)2-3-12(11)18-13/h2-3,7-8,10H,4-6H2,1H3,(H,15,16). The van der Waals surface area contributed by atoms with Gasteiger partial charge in [0.2, 0.25) is 0 Å². The molecule has 3 nitrogen and oxygen atoms in total. The molecule has 3 rings (SSSR count). The van der Waals surface area contributed by atoms with Crippen molar-refractivity contribution in [3.63, 3.8) is 0 Å². The topological polar surface area (TPSA) is 34.2 Å². The molecule has 0 saturated carbocycles. The molecule has 2 aromatic rings. The molecule has 1 aliphatic heterocycles. The summed E-state index contributed by atoms with van der Waals surface area (Å²) in [6.07, 6.45) is 2.46. The second-order valence-corrected chi connectivity index (χ2v) is 6.62. The highest BCUT2D eigenvalue weighted by Crippen LogP contribution is 2.29. The number of aromatic nitrogens is 1. The van der Waals surface area contributed by atoms with Gasteiger partial charge >= 0.3 is 0 Å². The van der Waals surface area contributed by atoms with E-state index < -0.39 is 0 Å². The van der Waals surface area contributed by atoms with Gasteiger partial charge in [0.05, 0.1) is 16.3 Å². The first kappa shape index (κ1) is 12.4. The molecule has 5 heteroatoms. The van der Waals surface area contributed by atoms with Gasteiger partial charge in [-0.1, -0.05) is 27.3 Å². The summed E-state index contributed by atoms with van der Waals surface area (Å²) in [5.74, 6) is 0. The summed E-state index contributed by atoms with van der Waals surface area (Å²) in [7, 11) is 0. The van der Waals surface area contributed by atoms with Gasteiger partial charge in [-0.2, -0.15) is 0 Å². The normalized spacial score (nSPS) is 24.3. The van der Waals surface area contributed by atoms with Gasteiger partial charge in [-0.3, -0.25) is 0 Å². The summed E-state index contributed by atoms with van der Waals surface area (Å²) in [6.45, 7) is 2.97. The Morgan fingerprint density at radius 2 is 2.39 bits per heavy atom. The number of nitrogens with one attached hydrogen (secondary N) is 1. The van der Waals surface area contributed by atoms with Gasteiger partial charge in [0.1, 0.15) is 0 Å². The van der Waals surface area contributed by atoms with Crippen LogP contribution in [-0.4, -0.2) is 23.7 Å². The van der Waals surface area contributed by atoms with Crippen LogP contribution in [0.1, 0.15) is 19.8 Å². The molecule has 0 amide bonds. The molecular formula is C13H15BrN2OS. The van der Waals surface area contributed by atoms with E-state index in [9.17, 15) is 0 Å². The molecule has 2 unspecified atom stereocenters. The molecule has 0 radical (unpaired) electrons. The van der Waals surface area contributed by atoms with E-state index in [2.05, 4.69) is 51.4 Å². The van der Waals surface area contributed by atoms with Crippen LogP contribution >= 0.6 is 27.3 Å². The monoisotopic (exact) mass is 326 g/mol. The van der Waals surface area contributed by atoms with Crippen molar-refractivity contribution in [2.45, 2.75) is 31.9 Å². The summed E-state index contributed by atoms with van der Waals surface area (Å²) in [4.78, 5) is 4.63. The van der Waals surface area contributed by atoms with Crippen molar-refractivity contribution in [2.75, 3.05) is 11.9 Å². The summed E-state index contributed by atoms with van der Waals surface area (Å²) in [6, 6.07) is 6.71. The third-order valence-electron chi connectivity index (χ3n) is 3.16. The van der Waals surface area contributed by atoms with Gasteiger partial charge in [-0.05, 0) is 38.0 Å². The molecule has 1 aliphatic rings. The molecule has 1 saturated heterocycles. The number of nitrogens with zero attached hydrogens (tertiary/aromatic N) is 1. The van der Waals surface area contributed by atoms with Gasteiger partial charge < -0.3 is 10.1 Å². The third-order valence-corrected chi connectivity index (χ3v) is 4.62. The fraction of sp³-hybridized carbons (Fsp3) is 0.462. The van der Waals surface area contributed by atoms with E-state index in [1.807, 2.05) is 0 Å². The number of benzene rings is 1. The Labute approximate surface area is 119 Å². The van der Waals surface area contributed by atoms with Crippen molar-refractivity contribution in [1.29, 1.82) is 0 Å². The van der Waals surface area contributed by atoms with Crippen LogP contribution in [0, 0.1) is 0 Å². The maximum Gasteiger partial charge on any atom is 0.184 e. The maximum atomic E-state index is 5.56. The van der Waals surface area contributed by atoms with Gasteiger partial charge in [0.15, 0.2) is 5.13 Å². The van der Waals surface area contributed by atoms with Crippen LogP contribution in [0.3, 0.4) is 0 Å². The van der Waals surface area contributed by atoms with E-state index in [1.54, 1.807) is 11.3 Å². The van der Waals surface area contributed by atoms with E-state index in [4.69, 9.17) is 4.74 Å². The first-order valence-electron chi connectivity index (χ1n) is 6.15. The molecule has 0 bridgehead atoms. The lowest BCUT2D eigenvalue weighted by atomic mass is 10.1. The van der Waals surface area contributed by atoms with Crippen LogP contribution in [0.15, 0.2) is 22.7 Å². The Morgan fingerprint density at radius 1 is 1.50 bits per heavy atom. The molecule has 0 aliphatic carbocycles. The summed E-state index contributed by atoms with van der Waals surface area (Å²) in [5.41, 5.74) is 1.05. The van der Waals surface area contributed by atoms with E-state index >= 15 is 0 Å². The van der Waals surface area contributed by atoms with Gasteiger partial charge in [-0.25, -0.2) is 4.98 Å². The lowest BCUT2D eigenvalue weighted by Crippen LogP contribution is -2.32. The SMILES string of the molecule is CC1CC(Nc2nc3cc(Br)ccc3s2)CCO1. The lowest BCUT2D eigenvalue weighted by Gasteiger charge is -2.27. The first-order chi connectivity index (χ1) is 8.70. The quantitative estimate of drug-likeness (QED) is 0.904. The van der Waals surface area contributed by atoms with Crippen LogP contribution in [0.5, 0.6) is 0 Å². The average Bonchev–Trinajstić information content (AvgIpc) is 2.70. The highest BCUT2D eigenvalue weighted by atomic mass is 79.9. The zero-order valence-corrected chi connectivity index (χ0v) is 12.6. The second kappa shape index (κ2) is 5.15. The molecule has 1 N–H and O–H groups in total. The van der Waals surface area contributed by atoms with Crippen LogP contribution in [0.25, 0.3) is 10.2 Å². The van der Waals surface area contributed by atoms with Crippen LogP contribution in [0.2, 0.25) is 0 Å². The fourth-order valence-electron chi connectivity index (χ4n) is 2.27. The molecular weight excluding hydrogens is 312 g/mol. The van der Waals surface area contributed by atoms with E-state index in [-0.39, 0.29) is 0 Å². The van der Waals surface area contributed by atoms with Crippen molar-refractivity contribution in [2.24, 2.45) is 0 Å². The molecule has 1 aromatic carbocycles. The van der Waals surface area contributed by atoms with Gasteiger partial charge in [0.25, 0.3) is 0 Å². The zero-order chi connectivity index (χ0) is 12.5. The lowest BCUT2D eigenvalue weighted by molar-refractivity contribution is 0.0232. The van der Waals surface area contributed by atoms with Gasteiger partial charge in [-0.15, -0.1) is 0 Å². The minimum absolute atomic E-state index is 0.347. The van der Waals surface area contributed by atoms with Crippen molar-refractivity contribution in [3.05, 3.63) is 22.7 Å². The highest BCUT2D eigenvalue weighted by molar-refractivity contribution is 9.10. The minimum Gasteiger partial charge on any atom is -0.378 e. The van der Waals surface area contributed by atoms with Crippen molar-refractivity contribution in [3.8, 4) is 0 Å². The Morgan fingerprint density at radius 3 is 3.22 bits per heavy atom. The first-order valence-corrected chi connectivity index (χ1v) is 7.76. The third kappa shape index (κ3) is 2.68. The van der Waals surface area contributed by atoms with Crippen LogP contribution < -0.4 is 5.32 Å². The number of ether oxygens (including phenoxy) is 1. The minimum atomic E-state index is 0.347. The molecule has 96 valence electrons. The van der Waals surface area contributed by atoms with Crippen LogP contribution in [0.4, 0.5) is 5.13 Å². The fourth-order valence-corrected chi connectivity index (χ4v) is 3.54. The number of halogens is 1. The molecule has 2 heterocycles. The second-order valence-electron chi connectivity index (χ2n) is 4.68. The number of fused-ring (bicyclic) bond motifs is 1. The van der Waals surface area contributed by atoms with E-state index in [1.165, 1.54) is 4.70 Å². The molecule has 1 aromatic heterocycles. The summed E-state index contributed by atoms with van der Waals surface area (Å²) >= 11 is 5.19. The molecule has 2 atom stereocenters. The Balaban J connectivity index is 1.78. The number of anilines is 1. The Hall–Kier alpha value is -0.650. The average molecular weight is 327 g/mol. The van der Waals surface area contributed by atoms with Crippen LogP contribution in [-0.2, 0) is 4.74 Å². The predicted molar refractivity (Wildman–Crippen MR) is 79.4 cm³/mol. The number of hydrogen-bond acceptors (Lipinski definition) is 4. The van der Waals surface area contributed by atoms with E-state index in [0.29, 0.717) is 12.1 Å². The smallest absolute Gasteiger partial charge is 0.184 e. The van der Waals surface area contributed by atoms with Crippen molar-refractivity contribution in [1.82, 2.24) is 4.98 Å². The molecule has 18 heavy (non-hydrogen) atoms. The Bertz CT molecular complexity index is 557. The number of thiazole rings is 1.